The van der Waals surface area contributed by atoms with Crippen LogP contribution in [0.25, 0.3) is 0 Å². The fraction of sp³-hybridized carbons (Fsp3) is 0.176. The van der Waals surface area contributed by atoms with E-state index < -0.39 is 0 Å². The predicted molar refractivity (Wildman–Crippen MR) is 90.9 cm³/mol. The quantitative estimate of drug-likeness (QED) is 0.836. The summed E-state index contributed by atoms with van der Waals surface area (Å²) in [5, 5.41) is 4.20. The van der Waals surface area contributed by atoms with Gasteiger partial charge < -0.3 is 9.47 Å². The molecule has 6 heteroatoms. The van der Waals surface area contributed by atoms with E-state index in [0.29, 0.717) is 18.8 Å². The number of nitrogens with one attached hydrogen (secondary N) is 1. The van der Waals surface area contributed by atoms with Crippen molar-refractivity contribution in [2.75, 3.05) is 13.2 Å². The molecular weight excluding hydrogens is 360 g/mol. The van der Waals surface area contributed by atoms with Gasteiger partial charge in [0.15, 0.2) is 6.61 Å². The monoisotopic (exact) mass is 374 g/mol. The van der Waals surface area contributed by atoms with E-state index in [1.54, 1.807) is 12.1 Å². The van der Waals surface area contributed by atoms with E-state index in [2.05, 4.69) is 26.5 Å². The lowest BCUT2D eigenvalue weighted by Gasteiger charge is -2.18. The van der Waals surface area contributed by atoms with Crippen LogP contribution in [0.15, 0.2) is 58.1 Å². The predicted octanol–water partition coefficient (Wildman–Crippen LogP) is 3.13. The van der Waals surface area contributed by atoms with Gasteiger partial charge in [0.05, 0.1) is 12.3 Å². The number of carbonyl (C=O) groups excluding carboxylic acids is 1. The van der Waals surface area contributed by atoms with Gasteiger partial charge in [-0.2, -0.15) is 5.10 Å². The first kappa shape index (κ1) is 15.6. The maximum Gasteiger partial charge on any atom is 0.277 e. The van der Waals surface area contributed by atoms with Crippen molar-refractivity contribution >= 4 is 27.5 Å². The van der Waals surface area contributed by atoms with Crippen LogP contribution in [-0.2, 0) is 4.79 Å². The first-order valence-electron chi connectivity index (χ1n) is 7.18. The van der Waals surface area contributed by atoms with Crippen LogP contribution in [-0.4, -0.2) is 24.8 Å². The lowest BCUT2D eigenvalue weighted by Crippen LogP contribution is -2.27. The zero-order valence-corrected chi connectivity index (χ0v) is 13.9. The van der Waals surface area contributed by atoms with Crippen molar-refractivity contribution in [2.24, 2.45) is 5.10 Å². The summed E-state index contributed by atoms with van der Waals surface area (Å²) in [5.41, 5.74) is 4.25. The van der Waals surface area contributed by atoms with Crippen LogP contribution in [0.2, 0.25) is 0 Å². The van der Waals surface area contributed by atoms with Gasteiger partial charge in [0.2, 0.25) is 0 Å². The van der Waals surface area contributed by atoms with Crippen molar-refractivity contribution < 1.29 is 14.3 Å². The minimum Gasteiger partial charge on any atom is -0.492 e. The number of halogens is 1. The van der Waals surface area contributed by atoms with E-state index in [4.69, 9.17) is 9.47 Å². The summed E-state index contributed by atoms with van der Waals surface area (Å²) in [4.78, 5) is 11.9. The molecule has 0 saturated carbocycles. The van der Waals surface area contributed by atoms with Crippen LogP contribution in [0, 0.1) is 0 Å². The zero-order valence-electron chi connectivity index (χ0n) is 12.3. The highest BCUT2D eigenvalue weighted by Gasteiger charge is 2.16. The fourth-order valence-electron chi connectivity index (χ4n) is 2.21. The lowest BCUT2D eigenvalue weighted by atomic mass is 10.0. The van der Waals surface area contributed by atoms with Crippen LogP contribution in [0.3, 0.4) is 0 Å². The summed E-state index contributed by atoms with van der Waals surface area (Å²) in [6.07, 6.45) is 0.657. The van der Waals surface area contributed by atoms with Gasteiger partial charge >= 0.3 is 0 Å². The Balaban J connectivity index is 1.59. The Hall–Kier alpha value is -2.34. The van der Waals surface area contributed by atoms with Crippen LogP contribution < -0.4 is 14.9 Å². The van der Waals surface area contributed by atoms with E-state index in [0.717, 1.165) is 21.5 Å². The number of hydrogen-bond donors (Lipinski definition) is 1. The molecule has 0 fully saturated rings. The second-order valence-electron chi connectivity index (χ2n) is 4.93. The number of benzene rings is 2. The highest BCUT2D eigenvalue weighted by Crippen LogP contribution is 2.24. The molecule has 1 amide bonds. The van der Waals surface area contributed by atoms with Gasteiger partial charge in [-0.25, -0.2) is 5.43 Å². The Kier molecular flexibility index (Phi) is 4.92. The molecule has 0 aliphatic carbocycles. The van der Waals surface area contributed by atoms with Crippen LogP contribution >= 0.6 is 15.9 Å². The maximum atomic E-state index is 11.9. The summed E-state index contributed by atoms with van der Waals surface area (Å²) in [7, 11) is 0. The Morgan fingerprint density at radius 2 is 2.13 bits per heavy atom. The molecule has 2 aromatic rings. The molecule has 0 radical (unpaired) electrons. The fourth-order valence-corrected chi connectivity index (χ4v) is 2.59. The number of fused-ring (bicyclic) bond motifs is 1. The third-order valence-corrected chi connectivity index (χ3v) is 3.77. The van der Waals surface area contributed by atoms with Crippen LogP contribution in [0.1, 0.15) is 12.0 Å². The number of para-hydroxylation sites is 1. The molecule has 3 rings (SSSR count). The number of rotatable bonds is 4. The van der Waals surface area contributed by atoms with Crippen molar-refractivity contribution in [3.05, 3.63) is 58.6 Å². The van der Waals surface area contributed by atoms with Gasteiger partial charge in [0, 0.05) is 16.5 Å². The number of hydrazone groups is 1. The molecule has 1 N–H and O–H groups in total. The molecule has 5 nitrogen and oxygen atoms in total. The Bertz CT molecular complexity index is 746. The molecule has 0 unspecified atom stereocenters. The second-order valence-corrected chi connectivity index (χ2v) is 5.85. The van der Waals surface area contributed by atoms with Gasteiger partial charge in [0.25, 0.3) is 5.91 Å². The SMILES string of the molecule is O=C(COc1cccc(Br)c1)N/N=C1/CCOc2ccccc21. The zero-order chi connectivity index (χ0) is 16.1. The molecule has 0 aromatic heterocycles. The van der Waals surface area contributed by atoms with Gasteiger partial charge in [-0.05, 0) is 30.3 Å². The third-order valence-electron chi connectivity index (χ3n) is 3.28. The first-order chi connectivity index (χ1) is 11.2. The van der Waals surface area contributed by atoms with Crippen LogP contribution in [0.5, 0.6) is 11.5 Å². The van der Waals surface area contributed by atoms with Gasteiger partial charge in [-0.3, -0.25) is 4.79 Å². The summed E-state index contributed by atoms with van der Waals surface area (Å²) >= 11 is 3.35. The molecule has 0 saturated heterocycles. The molecule has 0 atom stereocenters. The molecular formula is C17H15BrN2O3. The van der Waals surface area contributed by atoms with Gasteiger partial charge in [0.1, 0.15) is 11.5 Å². The molecule has 118 valence electrons. The van der Waals surface area contributed by atoms with E-state index in [9.17, 15) is 4.79 Å². The summed E-state index contributed by atoms with van der Waals surface area (Å²) in [6, 6.07) is 15.0. The summed E-state index contributed by atoms with van der Waals surface area (Å²) in [6.45, 7) is 0.464. The second kappa shape index (κ2) is 7.28. The van der Waals surface area contributed by atoms with E-state index >= 15 is 0 Å². The van der Waals surface area contributed by atoms with E-state index in [-0.39, 0.29) is 12.5 Å². The Morgan fingerprint density at radius 1 is 1.26 bits per heavy atom. The molecule has 0 bridgehead atoms. The lowest BCUT2D eigenvalue weighted by molar-refractivity contribution is -0.123. The molecule has 0 spiro atoms. The van der Waals surface area contributed by atoms with Gasteiger partial charge in [-0.1, -0.05) is 34.1 Å². The van der Waals surface area contributed by atoms with E-state index in [1.807, 2.05) is 36.4 Å². The standard InChI is InChI=1S/C17H15BrN2O3/c18-12-4-3-5-13(10-12)23-11-17(21)20-19-15-8-9-22-16-7-2-1-6-14(15)16/h1-7,10H,8-9,11H2,(H,20,21)/b19-15-. The maximum absolute atomic E-state index is 11.9. The van der Waals surface area contributed by atoms with Crippen LogP contribution in [0.4, 0.5) is 0 Å². The van der Waals surface area contributed by atoms with Gasteiger partial charge in [-0.15, -0.1) is 0 Å². The van der Waals surface area contributed by atoms with Crippen molar-refractivity contribution in [3.8, 4) is 11.5 Å². The van der Waals surface area contributed by atoms with Crippen molar-refractivity contribution in [2.45, 2.75) is 6.42 Å². The number of nitrogens with zero attached hydrogens (tertiary/aromatic N) is 1. The minimum absolute atomic E-state index is 0.0919. The summed E-state index contributed by atoms with van der Waals surface area (Å²) in [5.74, 6) is 1.11. The number of amides is 1. The largest absolute Gasteiger partial charge is 0.492 e. The highest BCUT2D eigenvalue weighted by molar-refractivity contribution is 9.10. The van der Waals surface area contributed by atoms with Crippen molar-refractivity contribution in [1.82, 2.24) is 5.43 Å². The number of carbonyl (C=O) groups is 1. The number of hydrogen-bond acceptors (Lipinski definition) is 4. The van der Waals surface area contributed by atoms with E-state index in [1.165, 1.54) is 0 Å². The van der Waals surface area contributed by atoms with Crippen molar-refractivity contribution in [3.63, 3.8) is 0 Å². The average Bonchev–Trinajstić information content (AvgIpc) is 2.58. The third kappa shape index (κ3) is 4.10. The summed E-state index contributed by atoms with van der Waals surface area (Å²) < 4.78 is 11.9. The average molecular weight is 375 g/mol. The highest BCUT2D eigenvalue weighted by atomic mass is 79.9. The smallest absolute Gasteiger partial charge is 0.277 e. The number of ether oxygens (including phenoxy) is 2. The Morgan fingerprint density at radius 3 is 3.00 bits per heavy atom. The molecule has 1 heterocycles. The topological polar surface area (TPSA) is 59.9 Å². The first-order valence-corrected chi connectivity index (χ1v) is 7.97. The Labute approximate surface area is 142 Å². The molecule has 1 aliphatic rings. The van der Waals surface area contributed by atoms with Crippen molar-refractivity contribution in [1.29, 1.82) is 0 Å². The normalized spacial score (nSPS) is 14.7. The molecule has 1 aliphatic heterocycles. The molecule has 2 aromatic carbocycles. The minimum atomic E-state index is -0.304. The molecule has 23 heavy (non-hydrogen) atoms.